The van der Waals surface area contributed by atoms with Crippen molar-refractivity contribution in [2.75, 3.05) is 0 Å². The third-order valence-electron chi connectivity index (χ3n) is 5.34. The van der Waals surface area contributed by atoms with Crippen LogP contribution in [0.25, 0.3) is 0 Å². The van der Waals surface area contributed by atoms with Crippen LogP contribution >= 0.6 is 0 Å². The maximum atomic E-state index is 2.55. The Kier molecular flexibility index (Phi) is 6.74. The lowest BCUT2D eigenvalue weighted by Crippen LogP contribution is -2.34. The van der Waals surface area contributed by atoms with Gasteiger partial charge in [0.2, 0.25) is 0 Å². The normalized spacial score (nSPS) is 30.7. The minimum atomic E-state index is 0.698. The zero-order valence-electron chi connectivity index (χ0n) is 13.6. The molecule has 0 heterocycles. The molecular formula is C18H36. The van der Waals surface area contributed by atoms with E-state index in [0.29, 0.717) is 5.41 Å². The van der Waals surface area contributed by atoms with Crippen LogP contribution in [0.5, 0.6) is 0 Å². The van der Waals surface area contributed by atoms with E-state index in [0.717, 1.165) is 17.8 Å². The molecule has 0 spiro atoms. The first-order valence-corrected chi connectivity index (χ1v) is 8.50. The molecule has 108 valence electrons. The summed E-state index contributed by atoms with van der Waals surface area (Å²) < 4.78 is 0. The van der Waals surface area contributed by atoms with Gasteiger partial charge >= 0.3 is 0 Å². The van der Waals surface area contributed by atoms with E-state index < -0.39 is 0 Å². The van der Waals surface area contributed by atoms with E-state index in [1.165, 1.54) is 57.8 Å². The summed E-state index contributed by atoms with van der Waals surface area (Å²) in [5.41, 5.74) is 0.698. The fourth-order valence-electron chi connectivity index (χ4n) is 4.26. The minimum absolute atomic E-state index is 0.698. The molecule has 0 amide bonds. The van der Waals surface area contributed by atoms with Crippen molar-refractivity contribution in [1.29, 1.82) is 0 Å². The van der Waals surface area contributed by atoms with Gasteiger partial charge in [0.15, 0.2) is 0 Å². The first kappa shape index (κ1) is 16.1. The molecule has 1 fully saturated rings. The summed E-state index contributed by atoms with van der Waals surface area (Å²) in [5, 5.41) is 0. The quantitative estimate of drug-likeness (QED) is 0.488. The zero-order valence-corrected chi connectivity index (χ0v) is 13.6. The van der Waals surface area contributed by atoms with E-state index in [4.69, 9.17) is 0 Å². The standard InChI is InChI=1S/C18H36/c1-6-12-18(13-8-10-16(4)14-18)17(5)11-7-9-15(2)3/h15-17H,6-14H2,1-5H3. The topological polar surface area (TPSA) is 0 Å². The Balaban J connectivity index is 2.53. The third-order valence-corrected chi connectivity index (χ3v) is 5.34. The van der Waals surface area contributed by atoms with Gasteiger partial charge in [0, 0.05) is 0 Å². The Labute approximate surface area is 116 Å². The largest absolute Gasteiger partial charge is 0.0654 e. The minimum Gasteiger partial charge on any atom is -0.0654 e. The van der Waals surface area contributed by atoms with Crippen LogP contribution in [0.4, 0.5) is 0 Å². The molecule has 1 rings (SSSR count). The highest BCUT2D eigenvalue weighted by Gasteiger charge is 2.38. The molecule has 0 radical (unpaired) electrons. The molecular weight excluding hydrogens is 216 g/mol. The average molecular weight is 252 g/mol. The van der Waals surface area contributed by atoms with Crippen molar-refractivity contribution in [3.63, 3.8) is 0 Å². The smallest absolute Gasteiger partial charge is 0.0269 e. The van der Waals surface area contributed by atoms with E-state index in [1.807, 2.05) is 0 Å². The Hall–Kier alpha value is 0. The molecule has 1 aliphatic rings. The van der Waals surface area contributed by atoms with Gasteiger partial charge in [0.05, 0.1) is 0 Å². The van der Waals surface area contributed by atoms with Crippen LogP contribution in [-0.2, 0) is 0 Å². The van der Waals surface area contributed by atoms with E-state index in [2.05, 4.69) is 34.6 Å². The van der Waals surface area contributed by atoms with Crippen LogP contribution in [0, 0.1) is 23.2 Å². The van der Waals surface area contributed by atoms with E-state index in [9.17, 15) is 0 Å². The van der Waals surface area contributed by atoms with Crippen LogP contribution in [0.2, 0.25) is 0 Å². The number of rotatable bonds is 7. The number of hydrogen-bond acceptors (Lipinski definition) is 0. The molecule has 0 aromatic heterocycles. The Morgan fingerprint density at radius 1 is 1.17 bits per heavy atom. The van der Waals surface area contributed by atoms with Gasteiger partial charge in [-0.3, -0.25) is 0 Å². The van der Waals surface area contributed by atoms with Crippen LogP contribution < -0.4 is 0 Å². The maximum absolute atomic E-state index is 2.55. The second-order valence-corrected chi connectivity index (χ2v) is 7.54. The molecule has 18 heavy (non-hydrogen) atoms. The second-order valence-electron chi connectivity index (χ2n) is 7.54. The summed E-state index contributed by atoms with van der Waals surface area (Å²) in [6.45, 7) is 12.1. The summed E-state index contributed by atoms with van der Waals surface area (Å²) in [4.78, 5) is 0. The molecule has 3 atom stereocenters. The second kappa shape index (κ2) is 7.56. The molecule has 0 aromatic rings. The van der Waals surface area contributed by atoms with Crippen LogP contribution in [-0.4, -0.2) is 0 Å². The van der Waals surface area contributed by atoms with Gasteiger partial charge in [0.1, 0.15) is 0 Å². The van der Waals surface area contributed by atoms with Gasteiger partial charge in [0.25, 0.3) is 0 Å². The van der Waals surface area contributed by atoms with Crippen LogP contribution in [0.3, 0.4) is 0 Å². The first-order valence-electron chi connectivity index (χ1n) is 8.50. The van der Waals surface area contributed by atoms with Gasteiger partial charge in [-0.2, -0.15) is 0 Å². The predicted molar refractivity (Wildman–Crippen MR) is 82.8 cm³/mol. The molecule has 0 aromatic carbocycles. The fraction of sp³-hybridized carbons (Fsp3) is 1.00. The molecule has 1 aliphatic carbocycles. The fourth-order valence-corrected chi connectivity index (χ4v) is 4.26. The van der Waals surface area contributed by atoms with Crippen LogP contribution in [0.1, 0.15) is 92.4 Å². The molecule has 0 saturated heterocycles. The highest BCUT2D eigenvalue weighted by atomic mass is 14.4. The number of hydrogen-bond donors (Lipinski definition) is 0. The Morgan fingerprint density at radius 2 is 1.89 bits per heavy atom. The van der Waals surface area contributed by atoms with Gasteiger partial charge < -0.3 is 0 Å². The average Bonchev–Trinajstić information content (AvgIpc) is 2.28. The summed E-state index contributed by atoms with van der Waals surface area (Å²) in [7, 11) is 0. The van der Waals surface area contributed by atoms with Crippen molar-refractivity contribution < 1.29 is 0 Å². The van der Waals surface area contributed by atoms with Crippen molar-refractivity contribution in [3.05, 3.63) is 0 Å². The summed E-state index contributed by atoms with van der Waals surface area (Å²) in [5.74, 6) is 2.79. The lowest BCUT2D eigenvalue weighted by Gasteiger charge is -2.45. The maximum Gasteiger partial charge on any atom is -0.0269 e. The molecule has 3 unspecified atom stereocenters. The molecule has 0 bridgehead atoms. The zero-order chi connectivity index (χ0) is 13.6. The molecule has 1 saturated carbocycles. The lowest BCUT2D eigenvalue weighted by atomic mass is 9.60. The van der Waals surface area contributed by atoms with E-state index in [-0.39, 0.29) is 0 Å². The van der Waals surface area contributed by atoms with Gasteiger partial charge in [-0.25, -0.2) is 0 Å². The van der Waals surface area contributed by atoms with Crippen molar-refractivity contribution in [2.24, 2.45) is 23.2 Å². The van der Waals surface area contributed by atoms with Gasteiger partial charge in [-0.05, 0) is 42.4 Å². The first-order chi connectivity index (χ1) is 8.50. The SMILES string of the molecule is CCCC1(C(C)CCCC(C)C)CCCC(C)C1. The third kappa shape index (κ3) is 4.59. The summed E-state index contributed by atoms with van der Waals surface area (Å²) in [6.07, 6.45) is 13.1. The van der Waals surface area contributed by atoms with Crippen molar-refractivity contribution >= 4 is 0 Å². The van der Waals surface area contributed by atoms with Gasteiger partial charge in [-0.1, -0.05) is 73.1 Å². The van der Waals surface area contributed by atoms with Crippen molar-refractivity contribution in [1.82, 2.24) is 0 Å². The van der Waals surface area contributed by atoms with Crippen molar-refractivity contribution in [3.8, 4) is 0 Å². The Morgan fingerprint density at radius 3 is 2.44 bits per heavy atom. The predicted octanol–water partition coefficient (Wildman–Crippen LogP) is 6.45. The molecule has 0 heteroatoms. The van der Waals surface area contributed by atoms with Crippen molar-refractivity contribution in [2.45, 2.75) is 92.4 Å². The molecule has 0 aliphatic heterocycles. The van der Waals surface area contributed by atoms with Crippen LogP contribution in [0.15, 0.2) is 0 Å². The highest BCUT2D eigenvalue weighted by Crippen LogP contribution is 2.49. The highest BCUT2D eigenvalue weighted by molar-refractivity contribution is 4.89. The van der Waals surface area contributed by atoms with E-state index in [1.54, 1.807) is 0 Å². The molecule has 0 nitrogen and oxygen atoms in total. The van der Waals surface area contributed by atoms with E-state index >= 15 is 0 Å². The summed E-state index contributed by atoms with van der Waals surface area (Å²) >= 11 is 0. The summed E-state index contributed by atoms with van der Waals surface area (Å²) in [6, 6.07) is 0. The Bertz CT molecular complexity index is 214. The monoisotopic (exact) mass is 252 g/mol. The lowest BCUT2D eigenvalue weighted by molar-refractivity contribution is 0.0592. The van der Waals surface area contributed by atoms with Gasteiger partial charge in [-0.15, -0.1) is 0 Å². The molecule has 0 N–H and O–H groups in total.